The van der Waals surface area contributed by atoms with Crippen molar-refractivity contribution in [3.8, 4) is 0 Å². The van der Waals surface area contributed by atoms with Crippen molar-refractivity contribution in [3.63, 3.8) is 0 Å². The zero-order valence-corrected chi connectivity index (χ0v) is 19.0. The molecule has 1 aromatic heterocycles. The van der Waals surface area contributed by atoms with Crippen molar-refractivity contribution in [1.29, 1.82) is 0 Å². The van der Waals surface area contributed by atoms with Gasteiger partial charge in [-0.15, -0.1) is 0 Å². The van der Waals surface area contributed by atoms with E-state index in [1.165, 1.54) is 0 Å². The topological polar surface area (TPSA) is 104 Å². The van der Waals surface area contributed by atoms with Gasteiger partial charge in [0, 0.05) is 17.7 Å². The summed E-state index contributed by atoms with van der Waals surface area (Å²) < 4.78 is 6.81. The highest BCUT2D eigenvalue weighted by molar-refractivity contribution is 6.15. The summed E-state index contributed by atoms with van der Waals surface area (Å²) in [4.78, 5) is 32.8. The van der Waals surface area contributed by atoms with Crippen LogP contribution in [0.2, 0.25) is 0 Å². The molecule has 0 aromatic carbocycles. The first kappa shape index (κ1) is 21.6. The van der Waals surface area contributed by atoms with Crippen LogP contribution in [-0.4, -0.2) is 58.0 Å². The third-order valence-electron chi connectivity index (χ3n) is 6.61. The predicted octanol–water partition coefficient (Wildman–Crippen LogP) is 1.87. The fraction of sp³-hybridized carbons (Fsp3) is 0.400. The second kappa shape index (κ2) is 7.67. The third kappa shape index (κ3) is 3.24. The van der Waals surface area contributed by atoms with Gasteiger partial charge in [0.05, 0.1) is 29.6 Å². The van der Waals surface area contributed by atoms with Crippen molar-refractivity contribution in [2.24, 2.45) is 4.99 Å². The lowest BCUT2D eigenvalue weighted by Gasteiger charge is -2.32. The highest BCUT2D eigenvalue weighted by Gasteiger charge is 2.46. The van der Waals surface area contributed by atoms with Crippen molar-refractivity contribution in [1.82, 2.24) is 9.47 Å². The Hall–Kier alpha value is -3.23. The van der Waals surface area contributed by atoms with Gasteiger partial charge in [-0.3, -0.25) is 9.79 Å². The van der Waals surface area contributed by atoms with Gasteiger partial charge in [0.15, 0.2) is 5.60 Å². The van der Waals surface area contributed by atoms with Crippen LogP contribution in [0.15, 0.2) is 62.6 Å². The number of aliphatic imine (C=N–C) groups is 1. The van der Waals surface area contributed by atoms with Crippen LogP contribution in [-0.2, 0) is 28.3 Å². The van der Waals surface area contributed by atoms with Crippen molar-refractivity contribution in [2.75, 3.05) is 20.6 Å². The van der Waals surface area contributed by atoms with E-state index in [-0.39, 0.29) is 30.4 Å². The lowest BCUT2D eigenvalue weighted by atomic mass is 9.84. The highest BCUT2D eigenvalue weighted by atomic mass is 16.6. The van der Waals surface area contributed by atoms with Crippen molar-refractivity contribution >= 4 is 11.7 Å². The van der Waals surface area contributed by atoms with E-state index in [4.69, 9.17) is 9.73 Å². The average molecular weight is 450 g/mol. The van der Waals surface area contributed by atoms with Crippen LogP contribution in [0.4, 0.5) is 0 Å². The summed E-state index contributed by atoms with van der Waals surface area (Å²) in [5.74, 6) is -0.510. The van der Waals surface area contributed by atoms with Crippen LogP contribution in [0, 0.1) is 0 Å². The fourth-order valence-corrected chi connectivity index (χ4v) is 5.07. The normalized spacial score (nSPS) is 25.4. The van der Waals surface area contributed by atoms with E-state index in [1.807, 2.05) is 38.1 Å². The quantitative estimate of drug-likeness (QED) is 0.680. The molecule has 33 heavy (non-hydrogen) atoms. The Morgan fingerprint density at radius 1 is 1.33 bits per heavy atom. The lowest BCUT2D eigenvalue weighted by molar-refractivity contribution is -0.172. The zero-order chi connectivity index (χ0) is 23.5. The van der Waals surface area contributed by atoms with Gasteiger partial charge in [-0.05, 0) is 49.9 Å². The van der Waals surface area contributed by atoms with Gasteiger partial charge in [-0.2, -0.15) is 0 Å². The zero-order valence-electron chi connectivity index (χ0n) is 19.0. The summed E-state index contributed by atoms with van der Waals surface area (Å²) >= 11 is 0. The Kier molecular flexibility index (Phi) is 5.02. The molecule has 2 N–H and O–H groups in total. The molecule has 5 rings (SSSR count). The van der Waals surface area contributed by atoms with E-state index in [2.05, 4.69) is 0 Å². The molecule has 0 radical (unpaired) electrons. The first-order chi connectivity index (χ1) is 15.7. The highest BCUT2D eigenvalue weighted by Crippen LogP contribution is 2.38. The van der Waals surface area contributed by atoms with Gasteiger partial charge in [0.25, 0.3) is 5.56 Å². The van der Waals surface area contributed by atoms with Crippen LogP contribution >= 0.6 is 0 Å². The van der Waals surface area contributed by atoms with Gasteiger partial charge >= 0.3 is 5.97 Å². The van der Waals surface area contributed by atoms with Gasteiger partial charge < -0.3 is 24.4 Å². The molecule has 0 spiro atoms. The van der Waals surface area contributed by atoms with Crippen molar-refractivity contribution in [3.05, 3.63) is 80.0 Å². The molecule has 4 heterocycles. The molecule has 2 atom stereocenters. The van der Waals surface area contributed by atoms with E-state index in [0.29, 0.717) is 42.0 Å². The number of fused-ring (bicyclic) bond motifs is 5. The minimum atomic E-state index is -1.83. The standard InChI is InChI=1S/C25H27N3O5/c1-4-8-25(32)18-10-20-22-14(11-28(20)23(30)17(18)13-33-24(25)31)9-15-16(12-27(2)3)21(29)7-5-6-19(15)26-22/h5-7,9-10,19,29,32H,4,8,11-13H2,1-3H3. The van der Waals surface area contributed by atoms with Gasteiger partial charge in [0.1, 0.15) is 12.4 Å². The largest absolute Gasteiger partial charge is 0.508 e. The van der Waals surface area contributed by atoms with Crippen molar-refractivity contribution < 1.29 is 19.7 Å². The fourth-order valence-electron chi connectivity index (χ4n) is 5.07. The number of aliphatic hydroxyl groups is 2. The maximum atomic E-state index is 13.4. The number of aromatic nitrogens is 1. The second-order valence-electron chi connectivity index (χ2n) is 9.20. The van der Waals surface area contributed by atoms with Crippen LogP contribution in [0.1, 0.15) is 36.6 Å². The number of hydrogen-bond acceptors (Lipinski definition) is 7. The number of pyridine rings is 1. The second-order valence-corrected chi connectivity index (χ2v) is 9.20. The van der Waals surface area contributed by atoms with Gasteiger partial charge in [-0.1, -0.05) is 25.5 Å². The molecule has 8 nitrogen and oxygen atoms in total. The summed E-state index contributed by atoms with van der Waals surface area (Å²) in [6, 6.07) is 1.43. The number of allylic oxidation sites excluding steroid dienone is 3. The molecule has 1 aliphatic carbocycles. The van der Waals surface area contributed by atoms with E-state index < -0.39 is 11.6 Å². The Morgan fingerprint density at radius 3 is 2.85 bits per heavy atom. The lowest BCUT2D eigenvalue weighted by Crippen LogP contribution is -2.45. The van der Waals surface area contributed by atoms with Crippen molar-refractivity contribution in [2.45, 2.75) is 44.6 Å². The molecule has 3 aliphatic heterocycles. The molecule has 1 aromatic rings. The Morgan fingerprint density at radius 2 is 2.12 bits per heavy atom. The summed E-state index contributed by atoms with van der Waals surface area (Å²) in [5.41, 5.74) is 2.37. The number of hydrogen-bond donors (Lipinski definition) is 2. The monoisotopic (exact) mass is 449 g/mol. The molecule has 0 fully saturated rings. The van der Waals surface area contributed by atoms with Crippen LogP contribution in [0.25, 0.3) is 0 Å². The first-order valence-electron chi connectivity index (χ1n) is 11.2. The molecule has 8 heteroatoms. The van der Waals surface area contributed by atoms with E-state index in [1.54, 1.807) is 22.8 Å². The number of dihydropyridines is 1. The molecule has 172 valence electrons. The molecule has 2 unspecified atom stereocenters. The molecule has 0 amide bonds. The van der Waals surface area contributed by atoms with Crippen LogP contribution < -0.4 is 5.56 Å². The third-order valence-corrected chi connectivity index (χ3v) is 6.61. The van der Waals surface area contributed by atoms with Gasteiger partial charge in [0.2, 0.25) is 0 Å². The average Bonchev–Trinajstić information content (AvgIpc) is 3.05. The molecule has 0 bridgehead atoms. The number of likely N-dealkylation sites (N-methyl/N-ethyl adjacent to an activating group) is 1. The summed E-state index contributed by atoms with van der Waals surface area (Å²) in [6.07, 6.45) is 8.12. The smallest absolute Gasteiger partial charge is 0.343 e. The number of rotatable bonds is 4. The maximum Gasteiger partial charge on any atom is 0.343 e. The number of nitrogens with zero attached hydrogens (tertiary/aromatic N) is 3. The number of carbonyl (C=O) groups is 1. The number of carbonyl (C=O) groups excluding carboxylic acids is 1. The predicted molar refractivity (Wildman–Crippen MR) is 123 cm³/mol. The van der Waals surface area contributed by atoms with Crippen LogP contribution in [0.3, 0.4) is 0 Å². The number of aliphatic hydroxyl groups excluding tert-OH is 1. The number of esters is 1. The molecular formula is C25H27N3O5. The minimum absolute atomic E-state index is 0.146. The minimum Gasteiger partial charge on any atom is -0.508 e. The summed E-state index contributed by atoms with van der Waals surface area (Å²) in [7, 11) is 3.88. The number of cyclic esters (lactones) is 1. The Balaban J connectivity index is 1.68. The van der Waals surface area contributed by atoms with Crippen LogP contribution in [0.5, 0.6) is 0 Å². The number of ether oxygens (including phenoxy) is 1. The summed E-state index contributed by atoms with van der Waals surface area (Å²) in [6.45, 7) is 2.61. The van der Waals surface area contributed by atoms with E-state index in [9.17, 15) is 19.8 Å². The Bertz CT molecular complexity index is 1280. The first-order valence-corrected chi connectivity index (χ1v) is 11.2. The molecule has 0 saturated heterocycles. The summed E-state index contributed by atoms with van der Waals surface area (Å²) in [5, 5.41) is 21.8. The van der Waals surface area contributed by atoms with E-state index >= 15 is 0 Å². The molecule has 4 aliphatic rings. The molecule has 0 saturated carbocycles. The maximum absolute atomic E-state index is 13.4. The van der Waals surface area contributed by atoms with E-state index in [0.717, 1.165) is 16.7 Å². The molecular weight excluding hydrogens is 422 g/mol. The van der Waals surface area contributed by atoms with Gasteiger partial charge in [-0.25, -0.2) is 4.79 Å². The SMILES string of the molecule is CCCC1(O)C(=O)OCc2c1cc1n(c2=O)CC2=CC3=C(CN(C)C)C(O)=CC=CC3N=C21. The Labute approximate surface area is 191 Å².